The average Bonchev–Trinajstić information content (AvgIpc) is 2.69. The molecule has 0 bridgehead atoms. The van der Waals surface area contributed by atoms with Gasteiger partial charge in [-0.3, -0.25) is 4.79 Å². The van der Waals surface area contributed by atoms with Crippen LogP contribution in [0.2, 0.25) is 0 Å². The van der Waals surface area contributed by atoms with Crippen LogP contribution >= 0.6 is 0 Å². The van der Waals surface area contributed by atoms with Crippen molar-refractivity contribution < 1.29 is 17.9 Å². The van der Waals surface area contributed by atoms with E-state index in [1.165, 1.54) is 4.31 Å². The summed E-state index contributed by atoms with van der Waals surface area (Å²) in [4.78, 5) is 14.3. The molecule has 0 spiro atoms. The lowest BCUT2D eigenvalue weighted by Gasteiger charge is -2.34. The van der Waals surface area contributed by atoms with Gasteiger partial charge in [0.2, 0.25) is 10.0 Å². The lowest BCUT2D eigenvalue weighted by Crippen LogP contribution is -2.51. The molecule has 3 rings (SSSR count). The van der Waals surface area contributed by atoms with E-state index in [1.807, 2.05) is 38.1 Å². The number of carbonyl (C=O) groups excluding carboxylic acids is 1. The van der Waals surface area contributed by atoms with Crippen LogP contribution in [0.4, 0.5) is 0 Å². The van der Waals surface area contributed by atoms with Gasteiger partial charge in [0.15, 0.2) is 6.61 Å². The van der Waals surface area contributed by atoms with Crippen molar-refractivity contribution in [1.29, 1.82) is 0 Å². The summed E-state index contributed by atoms with van der Waals surface area (Å²) in [7, 11) is -3.54. The van der Waals surface area contributed by atoms with Crippen molar-refractivity contribution in [3.8, 4) is 5.75 Å². The lowest BCUT2D eigenvalue weighted by atomic mass is 10.1. The molecule has 1 fully saturated rings. The smallest absolute Gasteiger partial charge is 0.260 e. The molecule has 0 unspecified atom stereocenters. The quantitative estimate of drug-likeness (QED) is 0.788. The van der Waals surface area contributed by atoms with Crippen molar-refractivity contribution in [2.24, 2.45) is 0 Å². The normalized spacial score (nSPS) is 15.6. The Hall–Kier alpha value is -2.38. The van der Waals surface area contributed by atoms with Crippen LogP contribution in [0.15, 0.2) is 53.4 Å². The molecule has 1 saturated heterocycles. The maximum atomic E-state index is 12.8. The highest BCUT2D eigenvalue weighted by Crippen LogP contribution is 2.20. The fourth-order valence-corrected chi connectivity index (χ4v) is 4.46. The summed E-state index contributed by atoms with van der Waals surface area (Å²) >= 11 is 0. The summed E-state index contributed by atoms with van der Waals surface area (Å²) < 4.78 is 32.6. The minimum atomic E-state index is -3.54. The van der Waals surface area contributed by atoms with Gasteiger partial charge in [0, 0.05) is 26.2 Å². The zero-order valence-corrected chi connectivity index (χ0v) is 16.4. The molecule has 0 N–H and O–H groups in total. The van der Waals surface area contributed by atoms with Crippen LogP contribution in [0.25, 0.3) is 0 Å². The number of rotatable bonds is 5. The van der Waals surface area contributed by atoms with Gasteiger partial charge in [-0.1, -0.05) is 24.3 Å². The van der Waals surface area contributed by atoms with Crippen LogP contribution in [-0.4, -0.2) is 56.3 Å². The highest BCUT2D eigenvalue weighted by atomic mass is 32.2. The summed E-state index contributed by atoms with van der Waals surface area (Å²) in [6, 6.07) is 14.3. The fourth-order valence-electron chi connectivity index (χ4n) is 2.95. The van der Waals surface area contributed by atoms with Crippen LogP contribution in [0.5, 0.6) is 5.75 Å². The maximum Gasteiger partial charge on any atom is 0.260 e. The van der Waals surface area contributed by atoms with E-state index in [2.05, 4.69) is 0 Å². The summed E-state index contributed by atoms with van der Waals surface area (Å²) in [5, 5.41) is 0. The number of hydrogen-bond acceptors (Lipinski definition) is 4. The van der Waals surface area contributed by atoms with E-state index in [9.17, 15) is 13.2 Å². The Balaban J connectivity index is 1.57. The van der Waals surface area contributed by atoms with E-state index < -0.39 is 10.0 Å². The zero-order valence-electron chi connectivity index (χ0n) is 15.6. The van der Waals surface area contributed by atoms with Gasteiger partial charge in [-0.25, -0.2) is 8.42 Å². The largest absolute Gasteiger partial charge is 0.484 e. The minimum Gasteiger partial charge on any atom is -0.484 e. The molecule has 0 aliphatic carbocycles. The molecule has 144 valence electrons. The highest BCUT2D eigenvalue weighted by molar-refractivity contribution is 7.89. The molecule has 1 aliphatic rings. The maximum absolute atomic E-state index is 12.8. The standard InChI is InChI=1S/C20H24N2O4S/c1-16-8-9-19(14-17(16)2)27(24,25)22-12-10-21(11-13-22)20(23)15-26-18-6-4-3-5-7-18/h3-9,14H,10-13,15H2,1-2H3. The molecule has 27 heavy (non-hydrogen) atoms. The molecule has 7 heteroatoms. The third kappa shape index (κ3) is 4.48. The lowest BCUT2D eigenvalue weighted by molar-refractivity contribution is -0.134. The second-order valence-corrected chi connectivity index (χ2v) is 8.57. The first kappa shape index (κ1) is 19.4. The monoisotopic (exact) mass is 388 g/mol. The predicted molar refractivity (Wildman–Crippen MR) is 103 cm³/mol. The first-order chi connectivity index (χ1) is 12.9. The van der Waals surface area contributed by atoms with Gasteiger partial charge in [-0.2, -0.15) is 4.31 Å². The van der Waals surface area contributed by atoms with Gasteiger partial charge in [-0.15, -0.1) is 0 Å². The third-order valence-corrected chi connectivity index (χ3v) is 6.71. The number of hydrogen-bond donors (Lipinski definition) is 0. The summed E-state index contributed by atoms with van der Waals surface area (Å²) in [6.07, 6.45) is 0. The second-order valence-electron chi connectivity index (χ2n) is 6.63. The molecule has 2 aromatic carbocycles. The van der Waals surface area contributed by atoms with E-state index in [4.69, 9.17) is 4.74 Å². The highest BCUT2D eigenvalue weighted by Gasteiger charge is 2.30. The number of aryl methyl sites for hydroxylation is 2. The SMILES string of the molecule is Cc1ccc(S(=O)(=O)N2CCN(C(=O)COc3ccccc3)CC2)cc1C. The summed E-state index contributed by atoms with van der Waals surface area (Å²) in [6.45, 7) is 5.10. The van der Waals surface area contributed by atoms with Gasteiger partial charge in [0.05, 0.1) is 4.90 Å². The van der Waals surface area contributed by atoms with Gasteiger partial charge in [0.25, 0.3) is 5.91 Å². The van der Waals surface area contributed by atoms with Gasteiger partial charge >= 0.3 is 0 Å². The number of nitrogens with zero attached hydrogens (tertiary/aromatic N) is 2. The van der Waals surface area contributed by atoms with Gasteiger partial charge in [-0.05, 0) is 49.2 Å². The van der Waals surface area contributed by atoms with Gasteiger partial charge in [0.1, 0.15) is 5.75 Å². The van der Waals surface area contributed by atoms with Gasteiger partial charge < -0.3 is 9.64 Å². The number of benzene rings is 2. The minimum absolute atomic E-state index is 0.0477. The average molecular weight is 388 g/mol. The Labute approximate surface area is 160 Å². The number of piperazine rings is 1. The first-order valence-corrected chi connectivity index (χ1v) is 10.3. The topological polar surface area (TPSA) is 66.9 Å². The van der Waals surface area contributed by atoms with Crippen molar-refractivity contribution in [2.75, 3.05) is 32.8 Å². The number of carbonyl (C=O) groups is 1. The van der Waals surface area contributed by atoms with Crippen molar-refractivity contribution in [3.05, 3.63) is 59.7 Å². The molecule has 0 atom stereocenters. The van der Waals surface area contributed by atoms with Crippen LogP contribution in [-0.2, 0) is 14.8 Å². The van der Waals surface area contributed by atoms with Crippen LogP contribution in [0.3, 0.4) is 0 Å². The molecule has 1 aliphatic heterocycles. The molecule has 1 amide bonds. The van der Waals surface area contributed by atoms with E-state index in [0.29, 0.717) is 23.7 Å². The molecule has 1 heterocycles. The summed E-state index contributed by atoms with van der Waals surface area (Å²) in [5.41, 5.74) is 2.01. The number of para-hydroxylation sites is 1. The number of sulfonamides is 1. The Morgan fingerprint density at radius 2 is 1.63 bits per heavy atom. The molecule has 2 aromatic rings. The number of ether oxygens (including phenoxy) is 1. The van der Waals surface area contributed by atoms with Crippen molar-refractivity contribution >= 4 is 15.9 Å². The van der Waals surface area contributed by atoms with E-state index in [-0.39, 0.29) is 25.6 Å². The summed E-state index contributed by atoms with van der Waals surface area (Å²) in [5.74, 6) is 0.504. The molecule has 0 saturated carbocycles. The third-order valence-electron chi connectivity index (χ3n) is 4.81. The van der Waals surface area contributed by atoms with E-state index in [1.54, 1.807) is 29.2 Å². The zero-order chi connectivity index (χ0) is 19.4. The predicted octanol–water partition coefficient (Wildman–Crippen LogP) is 2.22. The fraction of sp³-hybridized carbons (Fsp3) is 0.350. The Bertz CT molecular complexity index is 905. The molecular formula is C20H24N2O4S. The van der Waals surface area contributed by atoms with E-state index in [0.717, 1.165) is 11.1 Å². The van der Waals surface area contributed by atoms with Crippen LogP contribution in [0.1, 0.15) is 11.1 Å². The molecule has 0 aromatic heterocycles. The second kappa shape index (κ2) is 8.10. The molecule has 0 radical (unpaired) electrons. The first-order valence-electron chi connectivity index (χ1n) is 8.91. The number of amides is 1. The van der Waals surface area contributed by atoms with Crippen molar-refractivity contribution in [3.63, 3.8) is 0 Å². The Morgan fingerprint density at radius 3 is 2.26 bits per heavy atom. The van der Waals surface area contributed by atoms with Crippen LogP contribution < -0.4 is 4.74 Å². The van der Waals surface area contributed by atoms with Crippen LogP contribution in [0, 0.1) is 13.8 Å². The van der Waals surface area contributed by atoms with Crippen molar-refractivity contribution in [1.82, 2.24) is 9.21 Å². The Morgan fingerprint density at radius 1 is 0.963 bits per heavy atom. The Kier molecular flexibility index (Phi) is 5.82. The molecular weight excluding hydrogens is 364 g/mol. The van der Waals surface area contributed by atoms with Crippen molar-refractivity contribution in [2.45, 2.75) is 18.7 Å². The van der Waals surface area contributed by atoms with E-state index >= 15 is 0 Å². The molecule has 6 nitrogen and oxygen atoms in total.